The van der Waals surface area contributed by atoms with Crippen LogP contribution in [0.5, 0.6) is 5.88 Å². The van der Waals surface area contributed by atoms with Crippen molar-refractivity contribution in [3.63, 3.8) is 0 Å². The predicted octanol–water partition coefficient (Wildman–Crippen LogP) is 1.39. The van der Waals surface area contributed by atoms with E-state index in [0.29, 0.717) is 18.8 Å². The maximum atomic E-state index is 12.1. The standard InChI is InChI=1S/C13H15N5O2/c1-16-6-4-5-10(9-16)14-15-11-12(19)17-7-2-3-8-18(17)13(11)20/h4-6,9H,2-3,7-8H2,1H3/p+1. The molecule has 104 valence electrons. The topological polar surface area (TPSA) is 75.8 Å². The van der Waals surface area contributed by atoms with E-state index in [2.05, 4.69) is 10.2 Å². The molecule has 2 aromatic heterocycles. The summed E-state index contributed by atoms with van der Waals surface area (Å²) >= 11 is 0. The summed E-state index contributed by atoms with van der Waals surface area (Å²) in [5, 5.41) is 18.0. The molecule has 3 heterocycles. The van der Waals surface area contributed by atoms with E-state index in [9.17, 15) is 9.90 Å². The van der Waals surface area contributed by atoms with Crippen molar-refractivity contribution in [3.05, 3.63) is 34.9 Å². The first-order chi connectivity index (χ1) is 9.66. The lowest BCUT2D eigenvalue weighted by atomic mass is 10.3. The van der Waals surface area contributed by atoms with Crippen molar-refractivity contribution in [2.45, 2.75) is 25.9 Å². The summed E-state index contributed by atoms with van der Waals surface area (Å²) in [5.74, 6) is -0.0984. The smallest absolute Gasteiger partial charge is 0.298 e. The third-order valence-corrected chi connectivity index (χ3v) is 3.36. The highest BCUT2D eigenvalue weighted by atomic mass is 16.3. The van der Waals surface area contributed by atoms with Crippen LogP contribution in [-0.4, -0.2) is 14.5 Å². The maximum absolute atomic E-state index is 12.1. The van der Waals surface area contributed by atoms with Crippen LogP contribution in [0, 0.1) is 0 Å². The molecule has 0 bridgehead atoms. The Morgan fingerprint density at radius 1 is 1.25 bits per heavy atom. The largest absolute Gasteiger partial charge is 0.492 e. The fraction of sp³-hybridized carbons (Fsp3) is 0.385. The quantitative estimate of drug-likeness (QED) is 0.663. The summed E-state index contributed by atoms with van der Waals surface area (Å²) < 4.78 is 4.94. The molecule has 2 aromatic rings. The second-order valence-corrected chi connectivity index (χ2v) is 4.86. The molecule has 0 radical (unpaired) electrons. The molecule has 0 atom stereocenters. The highest BCUT2D eigenvalue weighted by Crippen LogP contribution is 2.27. The van der Waals surface area contributed by atoms with Crippen LogP contribution >= 0.6 is 0 Å². The molecule has 0 aliphatic carbocycles. The van der Waals surface area contributed by atoms with Crippen molar-refractivity contribution < 1.29 is 9.67 Å². The minimum Gasteiger partial charge on any atom is -0.492 e. The first-order valence-corrected chi connectivity index (χ1v) is 6.56. The Labute approximate surface area is 115 Å². The molecule has 0 saturated heterocycles. The van der Waals surface area contributed by atoms with Gasteiger partial charge in [-0.15, -0.1) is 10.2 Å². The third kappa shape index (κ3) is 2.11. The van der Waals surface area contributed by atoms with Crippen LogP contribution in [0.1, 0.15) is 12.8 Å². The van der Waals surface area contributed by atoms with Crippen molar-refractivity contribution in [2.24, 2.45) is 17.3 Å². The van der Waals surface area contributed by atoms with Gasteiger partial charge in [-0.05, 0) is 18.9 Å². The van der Waals surface area contributed by atoms with Gasteiger partial charge in [0, 0.05) is 19.2 Å². The van der Waals surface area contributed by atoms with Crippen LogP contribution in [-0.2, 0) is 20.1 Å². The van der Waals surface area contributed by atoms with Gasteiger partial charge in [-0.3, -0.25) is 4.79 Å². The summed E-state index contributed by atoms with van der Waals surface area (Å²) in [6.45, 7) is 1.25. The third-order valence-electron chi connectivity index (χ3n) is 3.36. The summed E-state index contributed by atoms with van der Waals surface area (Å²) in [6, 6.07) is 3.62. The monoisotopic (exact) mass is 274 g/mol. The zero-order valence-electron chi connectivity index (χ0n) is 11.2. The van der Waals surface area contributed by atoms with Gasteiger partial charge in [-0.2, -0.15) is 0 Å². The van der Waals surface area contributed by atoms with E-state index in [4.69, 9.17) is 0 Å². The molecule has 0 spiro atoms. The molecule has 0 fully saturated rings. The lowest BCUT2D eigenvalue weighted by molar-refractivity contribution is -0.670. The number of nitrogens with zero attached hydrogens (tertiary/aromatic N) is 5. The van der Waals surface area contributed by atoms with E-state index in [-0.39, 0.29) is 17.1 Å². The fourth-order valence-electron chi connectivity index (χ4n) is 2.36. The molecular formula is C13H16N5O2+. The van der Waals surface area contributed by atoms with Gasteiger partial charge in [0.2, 0.25) is 11.6 Å². The molecule has 7 nitrogen and oxygen atoms in total. The molecule has 7 heteroatoms. The van der Waals surface area contributed by atoms with E-state index in [1.54, 1.807) is 16.9 Å². The van der Waals surface area contributed by atoms with Gasteiger partial charge in [0.25, 0.3) is 5.56 Å². The van der Waals surface area contributed by atoms with Crippen LogP contribution in [0.3, 0.4) is 0 Å². The number of aromatic hydroxyl groups is 1. The number of pyridine rings is 1. The minimum absolute atomic E-state index is 0.0124. The highest BCUT2D eigenvalue weighted by molar-refractivity contribution is 5.45. The van der Waals surface area contributed by atoms with Gasteiger partial charge in [0.1, 0.15) is 12.7 Å². The Balaban J connectivity index is 1.99. The van der Waals surface area contributed by atoms with Crippen LogP contribution in [0.2, 0.25) is 0 Å². The minimum atomic E-state index is -0.286. The molecule has 0 aromatic carbocycles. The normalized spacial score (nSPS) is 14.7. The Bertz CT molecular complexity index is 729. The van der Waals surface area contributed by atoms with Crippen molar-refractivity contribution in [1.29, 1.82) is 0 Å². The number of hydrogen-bond acceptors (Lipinski definition) is 4. The second kappa shape index (κ2) is 4.92. The Hall–Kier alpha value is -2.44. The van der Waals surface area contributed by atoms with Crippen molar-refractivity contribution in [1.82, 2.24) is 9.36 Å². The number of aryl methyl sites for hydroxylation is 1. The molecule has 0 saturated carbocycles. The fourth-order valence-corrected chi connectivity index (χ4v) is 2.36. The Morgan fingerprint density at radius 2 is 2.00 bits per heavy atom. The van der Waals surface area contributed by atoms with E-state index < -0.39 is 0 Å². The first-order valence-electron chi connectivity index (χ1n) is 6.56. The number of aromatic nitrogens is 3. The zero-order valence-corrected chi connectivity index (χ0v) is 11.2. The van der Waals surface area contributed by atoms with Gasteiger partial charge in [0.15, 0.2) is 12.4 Å². The predicted molar refractivity (Wildman–Crippen MR) is 71.4 cm³/mol. The Kier molecular flexibility index (Phi) is 3.09. The molecule has 3 rings (SSSR count). The molecular weight excluding hydrogens is 258 g/mol. The van der Waals surface area contributed by atoms with Crippen LogP contribution < -0.4 is 10.1 Å². The van der Waals surface area contributed by atoms with Gasteiger partial charge in [-0.1, -0.05) is 0 Å². The van der Waals surface area contributed by atoms with Gasteiger partial charge in [0.05, 0.1) is 0 Å². The van der Waals surface area contributed by atoms with Crippen LogP contribution in [0.4, 0.5) is 11.4 Å². The van der Waals surface area contributed by atoms with Crippen LogP contribution in [0.15, 0.2) is 39.5 Å². The molecule has 1 aliphatic rings. The molecule has 1 N–H and O–H groups in total. The molecule has 0 unspecified atom stereocenters. The first kappa shape index (κ1) is 12.6. The van der Waals surface area contributed by atoms with E-state index in [1.807, 2.05) is 23.9 Å². The van der Waals surface area contributed by atoms with Gasteiger partial charge < -0.3 is 5.11 Å². The van der Waals surface area contributed by atoms with Crippen molar-refractivity contribution >= 4 is 11.4 Å². The number of hydrogen-bond donors (Lipinski definition) is 1. The second-order valence-electron chi connectivity index (χ2n) is 4.86. The van der Waals surface area contributed by atoms with Crippen molar-refractivity contribution in [2.75, 3.05) is 0 Å². The Morgan fingerprint density at radius 3 is 2.70 bits per heavy atom. The molecule has 20 heavy (non-hydrogen) atoms. The highest BCUT2D eigenvalue weighted by Gasteiger charge is 2.21. The van der Waals surface area contributed by atoms with Crippen molar-refractivity contribution in [3.8, 4) is 5.88 Å². The molecule has 1 aliphatic heterocycles. The molecule has 0 amide bonds. The van der Waals surface area contributed by atoms with E-state index in [1.165, 1.54) is 4.68 Å². The number of fused-ring (bicyclic) bond motifs is 1. The summed E-state index contributed by atoms with van der Waals surface area (Å²) in [7, 11) is 1.88. The average molecular weight is 274 g/mol. The van der Waals surface area contributed by atoms with Crippen LogP contribution in [0.25, 0.3) is 0 Å². The zero-order chi connectivity index (χ0) is 14.1. The SMILES string of the molecule is C[n+]1cccc(N=Nc2c(O)n3n(c2=O)CCCC3)c1. The lowest BCUT2D eigenvalue weighted by Crippen LogP contribution is -2.26. The lowest BCUT2D eigenvalue weighted by Gasteiger charge is -2.16. The van der Waals surface area contributed by atoms with Gasteiger partial charge in [-0.25, -0.2) is 13.9 Å². The van der Waals surface area contributed by atoms with Gasteiger partial charge >= 0.3 is 0 Å². The van der Waals surface area contributed by atoms with E-state index in [0.717, 1.165) is 12.8 Å². The van der Waals surface area contributed by atoms with E-state index >= 15 is 0 Å². The number of rotatable bonds is 2. The summed E-state index contributed by atoms with van der Waals surface area (Å²) in [6.07, 6.45) is 5.55. The summed E-state index contributed by atoms with van der Waals surface area (Å²) in [4.78, 5) is 12.1. The summed E-state index contributed by atoms with van der Waals surface area (Å²) in [5.41, 5.74) is 0.354. The number of azo groups is 1. The maximum Gasteiger partial charge on any atom is 0.298 e. The average Bonchev–Trinajstić information content (AvgIpc) is 2.70.